The molecule has 144 valence electrons. The normalized spacial score (nSPS) is 15.0. The Bertz CT molecular complexity index is 1070. The van der Waals surface area contributed by atoms with E-state index in [1.807, 2.05) is 24.3 Å². The van der Waals surface area contributed by atoms with E-state index in [0.29, 0.717) is 21.7 Å². The van der Waals surface area contributed by atoms with Crippen molar-refractivity contribution in [2.24, 2.45) is 5.92 Å². The zero-order chi connectivity index (χ0) is 19.7. The highest BCUT2D eigenvalue weighted by molar-refractivity contribution is 6.31. The van der Waals surface area contributed by atoms with Crippen LogP contribution in [0.1, 0.15) is 30.3 Å². The Kier molecular flexibility index (Phi) is 5.09. The summed E-state index contributed by atoms with van der Waals surface area (Å²) in [5, 5.41) is 3.58. The maximum Gasteiger partial charge on any atom is 0.291 e. The van der Waals surface area contributed by atoms with Crippen LogP contribution < -0.4 is 15.6 Å². The van der Waals surface area contributed by atoms with Crippen LogP contribution >= 0.6 is 11.6 Å². The van der Waals surface area contributed by atoms with Gasteiger partial charge in [0.25, 0.3) is 5.91 Å². The molecular formula is C22H21ClN2O3. The van der Waals surface area contributed by atoms with Crippen LogP contribution in [0.3, 0.4) is 0 Å². The SMILES string of the molecule is CC1CCN(c2ccc(NC(=O)c3cc(=O)c4cc(Cl)ccc4o3)cc2)CC1. The highest BCUT2D eigenvalue weighted by atomic mass is 35.5. The number of piperidine rings is 1. The fourth-order valence-electron chi connectivity index (χ4n) is 3.46. The number of fused-ring (bicyclic) bond motifs is 1. The number of amides is 1. The predicted molar refractivity (Wildman–Crippen MR) is 113 cm³/mol. The summed E-state index contributed by atoms with van der Waals surface area (Å²) in [6.07, 6.45) is 2.40. The number of halogens is 1. The van der Waals surface area contributed by atoms with Gasteiger partial charge in [0, 0.05) is 35.6 Å². The minimum Gasteiger partial charge on any atom is -0.451 e. The topological polar surface area (TPSA) is 62.6 Å². The van der Waals surface area contributed by atoms with Gasteiger partial charge in [0.1, 0.15) is 5.58 Å². The summed E-state index contributed by atoms with van der Waals surface area (Å²) in [6.45, 7) is 4.40. The molecule has 1 aromatic heterocycles. The van der Waals surface area contributed by atoms with Gasteiger partial charge in [-0.25, -0.2) is 0 Å². The minimum absolute atomic E-state index is 0.0334. The van der Waals surface area contributed by atoms with Gasteiger partial charge < -0.3 is 14.6 Å². The standard InChI is InChI=1S/C22H21ClN2O3/c1-14-8-10-25(11-9-14)17-5-3-16(4-6-17)24-22(27)21-13-19(26)18-12-15(23)2-7-20(18)28-21/h2-7,12-14H,8-11H2,1H3,(H,24,27). The Hall–Kier alpha value is -2.79. The van der Waals surface area contributed by atoms with Crippen molar-refractivity contribution in [3.05, 3.63) is 69.5 Å². The van der Waals surface area contributed by atoms with Crippen LogP contribution in [0.25, 0.3) is 11.0 Å². The molecule has 6 heteroatoms. The van der Waals surface area contributed by atoms with Gasteiger partial charge in [0.2, 0.25) is 0 Å². The summed E-state index contributed by atoms with van der Waals surface area (Å²) in [7, 11) is 0. The second-order valence-corrected chi connectivity index (χ2v) is 7.72. The van der Waals surface area contributed by atoms with Crippen LogP contribution in [0.15, 0.2) is 57.7 Å². The number of nitrogens with one attached hydrogen (secondary N) is 1. The van der Waals surface area contributed by atoms with Crippen molar-refractivity contribution in [1.29, 1.82) is 0 Å². The van der Waals surface area contributed by atoms with Gasteiger partial charge in [-0.1, -0.05) is 18.5 Å². The van der Waals surface area contributed by atoms with E-state index in [0.717, 1.165) is 24.7 Å². The third kappa shape index (κ3) is 3.90. The molecule has 0 unspecified atom stereocenters. The second-order valence-electron chi connectivity index (χ2n) is 7.29. The summed E-state index contributed by atoms with van der Waals surface area (Å²) < 4.78 is 5.58. The molecule has 5 nitrogen and oxygen atoms in total. The van der Waals surface area contributed by atoms with Gasteiger partial charge in [-0.3, -0.25) is 9.59 Å². The van der Waals surface area contributed by atoms with Crippen LogP contribution in [0.2, 0.25) is 5.02 Å². The van der Waals surface area contributed by atoms with E-state index in [4.69, 9.17) is 16.0 Å². The third-order valence-electron chi connectivity index (χ3n) is 5.19. The maximum absolute atomic E-state index is 12.5. The van der Waals surface area contributed by atoms with Crippen LogP contribution in [0, 0.1) is 5.92 Å². The number of hydrogen-bond acceptors (Lipinski definition) is 4. The third-order valence-corrected chi connectivity index (χ3v) is 5.42. The summed E-state index contributed by atoms with van der Waals surface area (Å²) in [5.74, 6) is 0.282. The van der Waals surface area contributed by atoms with Gasteiger partial charge in [-0.05, 0) is 61.2 Å². The molecule has 0 aliphatic carbocycles. The molecule has 1 amide bonds. The second kappa shape index (κ2) is 7.68. The first-order valence-corrected chi connectivity index (χ1v) is 9.77. The van der Waals surface area contributed by atoms with Crippen molar-refractivity contribution >= 4 is 39.9 Å². The Balaban J connectivity index is 1.50. The van der Waals surface area contributed by atoms with E-state index in [2.05, 4.69) is 17.1 Å². The van der Waals surface area contributed by atoms with Gasteiger partial charge in [0.15, 0.2) is 11.2 Å². The molecule has 0 bridgehead atoms. The Morgan fingerprint density at radius 3 is 2.54 bits per heavy atom. The molecule has 2 heterocycles. The van der Waals surface area contributed by atoms with Crippen molar-refractivity contribution in [3.8, 4) is 0 Å². The van der Waals surface area contributed by atoms with E-state index in [1.165, 1.54) is 25.0 Å². The monoisotopic (exact) mass is 396 g/mol. The van der Waals surface area contributed by atoms with Crippen molar-refractivity contribution in [3.63, 3.8) is 0 Å². The molecule has 4 rings (SSSR count). The lowest BCUT2D eigenvalue weighted by molar-refractivity contribution is 0.0997. The zero-order valence-electron chi connectivity index (χ0n) is 15.6. The first kappa shape index (κ1) is 18.6. The molecule has 0 radical (unpaired) electrons. The van der Waals surface area contributed by atoms with Gasteiger partial charge in [-0.15, -0.1) is 0 Å². The quantitative estimate of drug-likeness (QED) is 0.681. The summed E-state index contributed by atoms with van der Waals surface area (Å²) >= 11 is 5.91. The number of anilines is 2. The van der Waals surface area contributed by atoms with Crippen LogP contribution in [0.5, 0.6) is 0 Å². The summed E-state index contributed by atoms with van der Waals surface area (Å²) in [4.78, 5) is 27.1. The van der Waals surface area contributed by atoms with Crippen molar-refractivity contribution in [2.75, 3.05) is 23.3 Å². The summed E-state index contributed by atoms with van der Waals surface area (Å²) in [6, 6.07) is 13.7. The summed E-state index contributed by atoms with van der Waals surface area (Å²) in [5.41, 5.74) is 1.83. The van der Waals surface area contributed by atoms with Gasteiger partial charge in [0.05, 0.1) is 5.39 Å². The maximum atomic E-state index is 12.5. The Labute approximate surface area is 167 Å². The molecule has 0 atom stereocenters. The number of nitrogens with zero attached hydrogens (tertiary/aromatic N) is 1. The van der Waals surface area contributed by atoms with Crippen molar-refractivity contribution in [1.82, 2.24) is 0 Å². The van der Waals surface area contributed by atoms with Crippen LogP contribution in [0.4, 0.5) is 11.4 Å². The smallest absolute Gasteiger partial charge is 0.291 e. The Morgan fingerprint density at radius 1 is 1.11 bits per heavy atom. The van der Waals surface area contributed by atoms with E-state index in [-0.39, 0.29) is 11.2 Å². The lowest BCUT2D eigenvalue weighted by atomic mass is 9.99. The number of rotatable bonds is 3. The van der Waals surface area contributed by atoms with E-state index >= 15 is 0 Å². The highest BCUT2D eigenvalue weighted by Crippen LogP contribution is 2.24. The first-order valence-electron chi connectivity index (χ1n) is 9.39. The number of carbonyl (C=O) groups is 1. The molecule has 0 spiro atoms. The lowest BCUT2D eigenvalue weighted by Gasteiger charge is -2.32. The molecule has 1 saturated heterocycles. The number of hydrogen-bond donors (Lipinski definition) is 1. The average Bonchev–Trinajstić information content (AvgIpc) is 2.69. The molecule has 2 aromatic carbocycles. The molecule has 0 saturated carbocycles. The Morgan fingerprint density at radius 2 is 1.82 bits per heavy atom. The lowest BCUT2D eigenvalue weighted by Crippen LogP contribution is -2.32. The molecule has 1 aliphatic heterocycles. The van der Waals surface area contributed by atoms with Crippen LogP contribution in [-0.4, -0.2) is 19.0 Å². The van der Waals surface area contributed by atoms with Gasteiger partial charge >= 0.3 is 0 Å². The fourth-order valence-corrected chi connectivity index (χ4v) is 3.63. The molecule has 1 N–H and O–H groups in total. The van der Waals surface area contributed by atoms with Gasteiger partial charge in [-0.2, -0.15) is 0 Å². The number of carbonyl (C=O) groups excluding carboxylic acids is 1. The average molecular weight is 397 g/mol. The predicted octanol–water partition coefficient (Wildman–Crippen LogP) is 4.94. The van der Waals surface area contributed by atoms with Crippen molar-refractivity contribution < 1.29 is 9.21 Å². The first-order chi connectivity index (χ1) is 13.5. The minimum atomic E-state index is -0.464. The van der Waals surface area contributed by atoms with E-state index < -0.39 is 5.91 Å². The molecule has 3 aromatic rings. The van der Waals surface area contributed by atoms with E-state index in [1.54, 1.807) is 12.1 Å². The van der Waals surface area contributed by atoms with Crippen LogP contribution in [-0.2, 0) is 0 Å². The largest absolute Gasteiger partial charge is 0.451 e. The number of benzene rings is 2. The van der Waals surface area contributed by atoms with E-state index in [9.17, 15) is 9.59 Å². The zero-order valence-corrected chi connectivity index (χ0v) is 16.3. The fraction of sp³-hybridized carbons (Fsp3) is 0.273. The molecule has 1 fully saturated rings. The molecular weight excluding hydrogens is 376 g/mol. The highest BCUT2D eigenvalue weighted by Gasteiger charge is 2.17. The molecule has 28 heavy (non-hydrogen) atoms. The molecule has 1 aliphatic rings. The van der Waals surface area contributed by atoms with Crippen molar-refractivity contribution in [2.45, 2.75) is 19.8 Å².